The van der Waals surface area contributed by atoms with Crippen molar-refractivity contribution in [3.05, 3.63) is 39.4 Å². The van der Waals surface area contributed by atoms with Crippen LogP contribution < -0.4 is 5.56 Å². The predicted molar refractivity (Wildman–Crippen MR) is 57.7 cm³/mol. The predicted octanol–water partition coefficient (Wildman–Crippen LogP) is 1.79. The molecule has 0 saturated carbocycles. The number of fused-ring (bicyclic) bond motifs is 1. The van der Waals surface area contributed by atoms with Gasteiger partial charge in [-0.2, -0.15) is 0 Å². The largest absolute Gasteiger partial charge is 0.504 e. The second-order valence-electron chi connectivity index (χ2n) is 2.96. The fourth-order valence-electron chi connectivity index (χ4n) is 1.27. The number of pyridine rings is 1. The molecule has 15 heavy (non-hydrogen) atoms. The lowest BCUT2D eigenvalue weighted by Crippen LogP contribution is -2.15. The Morgan fingerprint density at radius 2 is 2.20 bits per heavy atom. The molecule has 0 unspecified atom stereocenters. The molecule has 78 valence electrons. The molecular weight excluding hydrogens is 239 g/mol. The van der Waals surface area contributed by atoms with E-state index < -0.39 is 0 Å². The Bertz CT molecular complexity index is 580. The maximum Gasteiger partial charge on any atom is 0.258 e. The fraction of sp³-hybridized carbons (Fsp3) is 0.111. The van der Waals surface area contributed by atoms with Crippen LogP contribution in [0.2, 0.25) is 5.02 Å². The summed E-state index contributed by atoms with van der Waals surface area (Å²) in [6.45, 7) is 0. The highest BCUT2D eigenvalue weighted by Crippen LogP contribution is 2.20. The van der Waals surface area contributed by atoms with Crippen molar-refractivity contribution in [3.8, 4) is 5.75 Å². The average Bonchev–Trinajstić information content (AvgIpc) is 2.19. The molecule has 4 nitrogen and oxygen atoms in total. The van der Waals surface area contributed by atoms with Gasteiger partial charge in [0.05, 0.1) is 16.6 Å². The van der Waals surface area contributed by atoms with Crippen molar-refractivity contribution in [1.29, 1.82) is 0 Å². The highest BCUT2D eigenvalue weighted by atomic mass is 35.5. The van der Waals surface area contributed by atoms with E-state index in [0.29, 0.717) is 5.69 Å². The van der Waals surface area contributed by atoms with Crippen LogP contribution in [-0.2, 0) is 5.88 Å². The summed E-state index contributed by atoms with van der Waals surface area (Å²) in [7, 11) is 0. The van der Waals surface area contributed by atoms with Gasteiger partial charge in [-0.1, -0.05) is 11.6 Å². The van der Waals surface area contributed by atoms with Crippen molar-refractivity contribution in [3.63, 3.8) is 0 Å². The van der Waals surface area contributed by atoms with Gasteiger partial charge in [-0.25, -0.2) is 4.98 Å². The van der Waals surface area contributed by atoms with Crippen LogP contribution in [0.1, 0.15) is 5.69 Å². The van der Waals surface area contributed by atoms with Crippen LogP contribution in [0.4, 0.5) is 0 Å². The number of halogens is 2. The van der Waals surface area contributed by atoms with Gasteiger partial charge in [-0.05, 0) is 0 Å². The van der Waals surface area contributed by atoms with Gasteiger partial charge in [0.15, 0.2) is 11.4 Å². The zero-order valence-electron chi connectivity index (χ0n) is 7.44. The topological polar surface area (TPSA) is 54.6 Å². The first-order valence-electron chi connectivity index (χ1n) is 4.08. The standard InChI is InChI=1S/C9H6Cl2N2O2/c10-3-6-2-8(15)13-4-5(11)1-7(14)9(13)12-6/h1-2,4,14H,3H2. The number of aromatic nitrogens is 2. The maximum absolute atomic E-state index is 11.6. The minimum absolute atomic E-state index is 0.119. The first kappa shape index (κ1) is 10.3. The fourth-order valence-corrected chi connectivity index (χ4v) is 1.61. The van der Waals surface area contributed by atoms with Gasteiger partial charge in [0.2, 0.25) is 0 Å². The van der Waals surface area contributed by atoms with Gasteiger partial charge < -0.3 is 5.11 Å². The zero-order chi connectivity index (χ0) is 11.0. The molecule has 0 radical (unpaired) electrons. The molecule has 2 aromatic rings. The summed E-state index contributed by atoms with van der Waals surface area (Å²) in [5.41, 5.74) is 0.246. The lowest BCUT2D eigenvalue weighted by molar-refractivity contribution is 0.476. The first-order chi connectivity index (χ1) is 7.11. The van der Waals surface area contributed by atoms with Crippen molar-refractivity contribution in [2.45, 2.75) is 5.88 Å². The summed E-state index contributed by atoms with van der Waals surface area (Å²) < 4.78 is 1.17. The monoisotopic (exact) mass is 244 g/mol. The number of alkyl halides is 1. The van der Waals surface area contributed by atoms with Crippen molar-refractivity contribution in [2.24, 2.45) is 0 Å². The van der Waals surface area contributed by atoms with Gasteiger partial charge >= 0.3 is 0 Å². The van der Waals surface area contributed by atoms with Crippen molar-refractivity contribution >= 4 is 28.8 Å². The number of rotatable bonds is 1. The summed E-state index contributed by atoms with van der Waals surface area (Å²) >= 11 is 11.3. The zero-order valence-corrected chi connectivity index (χ0v) is 8.96. The normalized spacial score (nSPS) is 10.8. The maximum atomic E-state index is 11.6. The minimum Gasteiger partial charge on any atom is -0.504 e. The van der Waals surface area contributed by atoms with E-state index in [0.717, 1.165) is 0 Å². The quantitative estimate of drug-likeness (QED) is 0.779. The Hall–Kier alpha value is -1.26. The summed E-state index contributed by atoms with van der Waals surface area (Å²) in [4.78, 5) is 15.6. The average molecular weight is 245 g/mol. The molecule has 0 aliphatic rings. The van der Waals surface area contributed by atoms with E-state index >= 15 is 0 Å². The SMILES string of the molecule is O=c1cc(CCl)nc2c(O)cc(Cl)cn12. The summed E-state index contributed by atoms with van der Waals surface area (Å²) in [6.07, 6.45) is 1.39. The number of hydrogen-bond donors (Lipinski definition) is 1. The minimum atomic E-state index is -0.326. The van der Waals surface area contributed by atoms with Gasteiger partial charge in [0.1, 0.15) is 0 Å². The molecule has 0 aromatic carbocycles. The van der Waals surface area contributed by atoms with Crippen LogP contribution in [0.5, 0.6) is 5.75 Å². The molecule has 0 aliphatic carbocycles. The third-order valence-electron chi connectivity index (χ3n) is 1.90. The molecule has 0 aliphatic heterocycles. The Morgan fingerprint density at radius 1 is 1.47 bits per heavy atom. The second-order valence-corrected chi connectivity index (χ2v) is 3.66. The molecule has 6 heteroatoms. The second kappa shape index (κ2) is 3.72. The summed E-state index contributed by atoms with van der Waals surface area (Å²) in [6, 6.07) is 2.62. The number of hydrogen-bond acceptors (Lipinski definition) is 3. The molecule has 2 rings (SSSR count). The molecular formula is C9H6Cl2N2O2. The molecule has 0 saturated heterocycles. The number of nitrogens with zero attached hydrogens (tertiary/aromatic N) is 2. The summed E-state index contributed by atoms with van der Waals surface area (Å²) in [5.74, 6) is -0.0278. The van der Waals surface area contributed by atoms with E-state index in [1.165, 1.54) is 22.7 Å². The Morgan fingerprint density at radius 3 is 2.87 bits per heavy atom. The molecule has 0 spiro atoms. The highest BCUT2D eigenvalue weighted by Gasteiger charge is 2.07. The smallest absolute Gasteiger partial charge is 0.258 e. The molecule has 2 heterocycles. The van der Waals surface area contributed by atoms with Crippen LogP contribution in [0.25, 0.3) is 5.65 Å². The Balaban J connectivity index is 2.91. The molecule has 0 fully saturated rings. The van der Waals surface area contributed by atoms with Crippen LogP contribution >= 0.6 is 23.2 Å². The van der Waals surface area contributed by atoms with Gasteiger partial charge in [-0.15, -0.1) is 11.6 Å². The van der Waals surface area contributed by atoms with E-state index in [1.54, 1.807) is 0 Å². The van der Waals surface area contributed by atoms with Gasteiger partial charge in [0, 0.05) is 18.3 Å². The van der Waals surface area contributed by atoms with E-state index in [9.17, 15) is 9.90 Å². The third kappa shape index (κ3) is 1.78. The molecule has 0 amide bonds. The van der Waals surface area contributed by atoms with E-state index in [4.69, 9.17) is 23.2 Å². The van der Waals surface area contributed by atoms with Crippen LogP contribution in [-0.4, -0.2) is 14.5 Å². The molecule has 1 N–H and O–H groups in total. The molecule has 0 atom stereocenters. The van der Waals surface area contributed by atoms with Crippen LogP contribution in [0.15, 0.2) is 23.1 Å². The lowest BCUT2D eigenvalue weighted by Gasteiger charge is -2.04. The molecule has 0 bridgehead atoms. The van der Waals surface area contributed by atoms with Crippen LogP contribution in [0, 0.1) is 0 Å². The summed E-state index contributed by atoms with van der Waals surface area (Å²) in [5, 5.41) is 9.81. The Labute approximate surface area is 94.7 Å². The van der Waals surface area contributed by atoms with E-state index in [2.05, 4.69) is 4.98 Å². The van der Waals surface area contributed by atoms with Crippen molar-refractivity contribution in [1.82, 2.24) is 9.38 Å². The number of aromatic hydroxyl groups is 1. The van der Waals surface area contributed by atoms with E-state index in [1.807, 2.05) is 0 Å². The van der Waals surface area contributed by atoms with Gasteiger partial charge in [-0.3, -0.25) is 9.20 Å². The first-order valence-corrected chi connectivity index (χ1v) is 5.00. The molecule has 2 aromatic heterocycles. The van der Waals surface area contributed by atoms with Crippen molar-refractivity contribution in [2.75, 3.05) is 0 Å². The third-order valence-corrected chi connectivity index (χ3v) is 2.38. The van der Waals surface area contributed by atoms with Crippen LogP contribution in [0.3, 0.4) is 0 Å². The highest BCUT2D eigenvalue weighted by molar-refractivity contribution is 6.30. The van der Waals surface area contributed by atoms with Gasteiger partial charge in [0.25, 0.3) is 5.56 Å². The Kier molecular flexibility index (Phi) is 2.54. The van der Waals surface area contributed by atoms with E-state index in [-0.39, 0.29) is 27.9 Å². The van der Waals surface area contributed by atoms with Crippen molar-refractivity contribution < 1.29 is 5.11 Å². The lowest BCUT2D eigenvalue weighted by atomic mass is 10.4.